The molecule has 0 spiro atoms. The van der Waals surface area contributed by atoms with Crippen LogP contribution >= 0.6 is 15.6 Å². The number of nitrogens with two attached hydrogens (primary N) is 1. The molecular weight excluding hydrogens is 678 g/mol. The highest BCUT2D eigenvalue weighted by atomic mass is 31.2. The molecule has 0 unspecified atom stereocenters. The molecule has 0 aliphatic carbocycles. The van der Waals surface area contributed by atoms with E-state index in [1.165, 1.54) is 39.0 Å². The Hall–Kier alpha value is -3.32. The van der Waals surface area contributed by atoms with Crippen molar-refractivity contribution in [3.8, 4) is 0 Å². The summed E-state index contributed by atoms with van der Waals surface area (Å²) in [4.78, 5) is 54.8. The van der Waals surface area contributed by atoms with Crippen molar-refractivity contribution in [3.05, 3.63) is 30.8 Å². The zero-order valence-electron chi connectivity index (χ0n) is 23.9. The van der Waals surface area contributed by atoms with Gasteiger partial charge in [-0.25, -0.2) is 34.0 Å². The fourth-order valence-electron chi connectivity index (χ4n) is 4.79. The van der Waals surface area contributed by atoms with Crippen LogP contribution in [0.2, 0.25) is 0 Å². The third-order valence-electron chi connectivity index (χ3n) is 7.12. The van der Waals surface area contributed by atoms with Gasteiger partial charge in [0.1, 0.15) is 54.0 Å². The number of aliphatic hydroxyl groups is 4. The Morgan fingerprint density at radius 3 is 1.72 bits per heavy atom. The molecule has 4 aromatic heterocycles. The first-order valence-electron chi connectivity index (χ1n) is 13.3. The standard InChI is InChI=1S/C11H16N5O7P.C10H14N5O7P/c1-15-3-14-10-6(9(15)12)13-4-16(10)11-8(18)7(17)5(23-11)2-22-24(19,20)21;11-8-5-9(13-2-12-8)15(3-14-5)10-7(17)6(16)4(22-10)1-21-23(18,19)20/h3-5,7-8,11-12,17-18H,2H2,1H3,(H2,19,20,21);2-4,6-7,10,16-17H,1H2,(H2,11,12,13)(H2,18,19,20)/t5-,7-,8-,11-;4-,6-,7-,10-/m11/s1. The lowest BCUT2D eigenvalue weighted by atomic mass is 10.1. The smallest absolute Gasteiger partial charge is 0.387 e. The summed E-state index contributed by atoms with van der Waals surface area (Å²) >= 11 is 0. The van der Waals surface area contributed by atoms with Crippen LogP contribution in [0.4, 0.5) is 5.82 Å². The number of anilines is 1. The van der Waals surface area contributed by atoms with Crippen molar-refractivity contribution < 1.29 is 67.7 Å². The summed E-state index contributed by atoms with van der Waals surface area (Å²) in [6.07, 6.45) is -4.83. The number of rotatable bonds is 8. The summed E-state index contributed by atoms with van der Waals surface area (Å²) in [5.41, 5.74) is 6.90. The quantitative estimate of drug-likeness (QED) is 0.0782. The third-order valence-corrected chi connectivity index (χ3v) is 8.09. The SMILES string of the molecule is Cn1cnc2c(ncn2[C@@H]2O[C@H](COP(=O)(O)O)[C@@H](O)[C@H]2O)c1=N.Nc1ncnc2c1ncn2[C@@H]1O[C@H](COP(=O)(O)O)[C@@H](O)[C@H]1O. The lowest BCUT2D eigenvalue weighted by Gasteiger charge is -2.16. The minimum atomic E-state index is -4.73. The van der Waals surface area contributed by atoms with Crippen LogP contribution in [0.1, 0.15) is 12.5 Å². The molecule has 2 aliphatic rings. The van der Waals surface area contributed by atoms with Gasteiger partial charge in [-0.1, -0.05) is 0 Å². The number of aliphatic hydroxyl groups excluding tert-OH is 4. The zero-order chi connectivity index (χ0) is 34.4. The Morgan fingerprint density at radius 1 is 0.766 bits per heavy atom. The van der Waals surface area contributed by atoms with Gasteiger partial charge in [-0.3, -0.25) is 23.6 Å². The van der Waals surface area contributed by atoms with E-state index in [2.05, 4.69) is 34.0 Å². The Balaban J connectivity index is 0.000000185. The molecule has 11 N–H and O–H groups in total. The van der Waals surface area contributed by atoms with E-state index in [-0.39, 0.29) is 28.1 Å². The van der Waals surface area contributed by atoms with Crippen molar-refractivity contribution in [1.82, 2.24) is 38.6 Å². The van der Waals surface area contributed by atoms with Crippen LogP contribution in [0.15, 0.2) is 25.3 Å². The summed E-state index contributed by atoms with van der Waals surface area (Å²) in [5, 5.41) is 48.1. The Morgan fingerprint density at radius 2 is 1.23 bits per heavy atom. The van der Waals surface area contributed by atoms with E-state index < -0.39 is 77.9 Å². The second-order valence-corrected chi connectivity index (χ2v) is 12.8. The highest BCUT2D eigenvalue weighted by Crippen LogP contribution is 2.40. The Bertz CT molecular complexity index is 1890. The average Bonchev–Trinajstić information content (AvgIpc) is 3.75. The molecule has 26 heteroatoms. The van der Waals surface area contributed by atoms with E-state index in [1.807, 2.05) is 0 Å². The van der Waals surface area contributed by atoms with Crippen LogP contribution in [-0.2, 0) is 34.7 Å². The summed E-state index contributed by atoms with van der Waals surface area (Å²) in [7, 11) is -7.81. The molecule has 0 bridgehead atoms. The predicted octanol–water partition coefficient (Wildman–Crippen LogP) is -3.89. The maximum absolute atomic E-state index is 10.8. The number of nitrogen functional groups attached to an aromatic ring is 1. The maximum Gasteiger partial charge on any atom is 0.469 e. The second-order valence-electron chi connectivity index (χ2n) is 10.3. The van der Waals surface area contributed by atoms with E-state index in [0.717, 1.165) is 0 Å². The van der Waals surface area contributed by atoms with Gasteiger partial charge in [0.25, 0.3) is 0 Å². The van der Waals surface area contributed by atoms with Crippen LogP contribution in [0.5, 0.6) is 0 Å². The molecule has 24 nitrogen and oxygen atoms in total. The number of hydrogen-bond acceptors (Lipinski definition) is 17. The highest BCUT2D eigenvalue weighted by molar-refractivity contribution is 7.46. The first-order chi connectivity index (χ1) is 22.0. The van der Waals surface area contributed by atoms with E-state index in [4.69, 9.17) is 40.2 Å². The Labute approximate surface area is 261 Å². The summed E-state index contributed by atoms with van der Waals surface area (Å²) < 4.78 is 45.1. The van der Waals surface area contributed by atoms with Crippen LogP contribution in [0.3, 0.4) is 0 Å². The molecular formula is C21H30N10O14P2. The number of nitrogens with zero attached hydrogens (tertiary/aromatic N) is 8. The molecule has 0 radical (unpaired) electrons. The molecule has 8 atom stereocenters. The molecule has 6 rings (SSSR count). The Kier molecular flexibility index (Phi) is 9.90. The molecule has 0 amide bonds. The van der Waals surface area contributed by atoms with Gasteiger partial charge in [0.15, 0.2) is 35.1 Å². The summed E-state index contributed by atoms with van der Waals surface area (Å²) in [6.45, 7) is -1.19. The van der Waals surface area contributed by atoms with Crippen molar-refractivity contribution in [2.75, 3.05) is 18.9 Å². The molecule has 0 aromatic carbocycles. The van der Waals surface area contributed by atoms with Crippen molar-refractivity contribution in [1.29, 1.82) is 5.41 Å². The number of fused-ring (bicyclic) bond motifs is 2. The largest absolute Gasteiger partial charge is 0.469 e. The molecule has 6 heterocycles. The summed E-state index contributed by atoms with van der Waals surface area (Å²) in [5.74, 6) is 0.142. The molecule has 2 fully saturated rings. The number of hydrogen-bond donors (Lipinski definition) is 10. The highest BCUT2D eigenvalue weighted by Gasteiger charge is 2.46. The van der Waals surface area contributed by atoms with Crippen molar-refractivity contribution in [2.24, 2.45) is 7.05 Å². The first-order valence-corrected chi connectivity index (χ1v) is 16.3. The number of imidazole rings is 2. The van der Waals surface area contributed by atoms with E-state index >= 15 is 0 Å². The summed E-state index contributed by atoms with van der Waals surface area (Å²) in [6, 6.07) is 0. The average molecular weight is 708 g/mol. The number of aromatic nitrogens is 8. The number of aryl methyl sites for hydroxylation is 1. The molecule has 4 aromatic rings. The van der Waals surface area contributed by atoms with Crippen molar-refractivity contribution in [3.63, 3.8) is 0 Å². The van der Waals surface area contributed by atoms with Gasteiger partial charge >= 0.3 is 15.6 Å². The molecule has 258 valence electrons. The van der Waals surface area contributed by atoms with Gasteiger partial charge in [0.2, 0.25) is 0 Å². The number of ether oxygens (including phenoxy) is 2. The minimum Gasteiger partial charge on any atom is -0.387 e. The molecule has 2 saturated heterocycles. The number of nitrogens with one attached hydrogen (secondary N) is 1. The number of phosphoric acid groups is 2. The second kappa shape index (κ2) is 13.3. The normalized spacial score (nSPS) is 28.2. The van der Waals surface area contributed by atoms with Gasteiger partial charge in [0, 0.05) is 7.05 Å². The van der Waals surface area contributed by atoms with Gasteiger partial charge < -0.3 is 59.8 Å². The van der Waals surface area contributed by atoms with Crippen molar-refractivity contribution in [2.45, 2.75) is 49.1 Å². The van der Waals surface area contributed by atoms with Crippen LogP contribution in [-0.4, -0.2) is 128 Å². The van der Waals surface area contributed by atoms with Crippen LogP contribution in [0.25, 0.3) is 22.3 Å². The van der Waals surface area contributed by atoms with E-state index in [1.54, 1.807) is 7.05 Å². The van der Waals surface area contributed by atoms with Gasteiger partial charge in [0.05, 0.1) is 32.2 Å². The lowest BCUT2D eigenvalue weighted by molar-refractivity contribution is -0.0504. The minimum absolute atomic E-state index is 0.105. The van der Waals surface area contributed by atoms with Crippen LogP contribution in [0, 0.1) is 5.41 Å². The fourth-order valence-corrected chi connectivity index (χ4v) is 5.47. The molecule has 47 heavy (non-hydrogen) atoms. The number of phosphoric ester groups is 2. The van der Waals surface area contributed by atoms with Gasteiger partial charge in [-0.15, -0.1) is 0 Å². The first kappa shape index (κ1) is 35.0. The van der Waals surface area contributed by atoms with Crippen LogP contribution < -0.4 is 11.2 Å². The van der Waals surface area contributed by atoms with Gasteiger partial charge in [-0.2, -0.15) is 0 Å². The zero-order valence-corrected chi connectivity index (χ0v) is 25.7. The van der Waals surface area contributed by atoms with E-state index in [9.17, 15) is 29.6 Å². The van der Waals surface area contributed by atoms with Gasteiger partial charge in [-0.05, 0) is 0 Å². The monoisotopic (exact) mass is 708 g/mol. The third kappa shape index (κ3) is 7.40. The maximum atomic E-state index is 10.8. The van der Waals surface area contributed by atoms with E-state index in [0.29, 0.717) is 5.52 Å². The molecule has 0 saturated carbocycles. The topological polar surface area (TPSA) is 362 Å². The molecule has 2 aliphatic heterocycles. The fraction of sp³-hybridized carbons (Fsp3) is 0.524. The predicted molar refractivity (Wildman–Crippen MR) is 150 cm³/mol. The lowest BCUT2D eigenvalue weighted by Crippen LogP contribution is -2.33. The van der Waals surface area contributed by atoms with Crippen molar-refractivity contribution >= 4 is 43.8 Å².